The van der Waals surface area contributed by atoms with Gasteiger partial charge in [-0.3, -0.25) is 4.79 Å². The average Bonchev–Trinajstić information content (AvgIpc) is 2.37. The fraction of sp³-hybridized carbons (Fsp3) is 0.500. The highest BCUT2D eigenvalue weighted by Gasteiger charge is 2.02. The number of rotatable bonds is 8. The third-order valence-corrected chi connectivity index (χ3v) is 2.56. The van der Waals surface area contributed by atoms with E-state index in [1.54, 1.807) is 0 Å². The first-order valence-electron chi connectivity index (χ1n) is 6.49. The highest BCUT2D eigenvalue weighted by atomic mass is 16.5. The van der Waals surface area contributed by atoms with Gasteiger partial charge in [0, 0.05) is 12.1 Å². The molecule has 1 aromatic rings. The SMILES string of the molecule is CCOc1ccc(NC(=O)CCCCCN)cc1. The van der Waals surface area contributed by atoms with E-state index in [0.29, 0.717) is 19.6 Å². The first kappa shape index (κ1) is 14.5. The molecule has 0 unspecified atom stereocenters. The van der Waals surface area contributed by atoms with Crippen molar-refractivity contribution in [3.63, 3.8) is 0 Å². The quantitative estimate of drug-likeness (QED) is 0.697. The molecule has 4 nitrogen and oxygen atoms in total. The minimum Gasteiger partial charge on any atom is -0.494 e. The molecule has 0 aliphatic carbocycles. The summed E-state index contributed by atoms with van der Waals surface area (Å²) >= 11 is 0. The third kappa shape index (κ3) is 5.68. The van der Waals surface area contributed by atoms with Crippen molar-refractivity contribution in [1.29, 1.82) is 0 Å². The topological polar surface area (TPSA) is 64.3 Å². The van der Waals surface area contributed by atoms with Crippen molar-refractivity contribution in [3.05, 3.63) is 24.3 Å². The summed E-state index contributed by atoms with van der Waals surface area (Å²) in [5.41, 5.74) is 6.20. The van der Waals surface area contributed by atoms with Gasteiger partial charge in [-0.25, -0.2) is 0 Å². The molecule has 0 heterocycles. The van der Waals surface area contributed by atoms with Crippen molar-refractivity contribution in [2.24, 2.45) is 5.73 Å². The number of anilines is 1. The van der Waals surface area contributed by atoms with E-state index in [1.165, 1.54) is 0 Å². The molecule has 18 heavy (non-hydrogen) atoms. The molecular weight excluding hydrogens is 228 g/mol. The number of amides is 1. The molecule has 3 N–H and O–H groups in total. The number of nitrogens with one attached hydrogen (secondary N) is 1. The standard InChI is InChI=1S/C14H22N2O2/c1-2-18-13-9-7-12(8-10-13)16-14(17)6-4-3-5-11-15/h7-10H,2-6,11,15H2,1H3,(H,16,17). The van der Waals surface area contributed by atoms with E-state index >= 15 is 0 Å². The van der Waals surface area contributed by atoms with Gasteiger partial charge in [-0.1, -0.05) is 6.42 Å². The predicted molar refractivity (Wildman–Crippen MR) is 73.8 cm³/mol. The van der Waals surface area contributed by atoms with Gasteiger partial charge >= 0.3 is 0 Å². The summed E-state index contributed by atoms with van der Waals surface area (Å²) in [4.78, 5) is 11.6. The lowest BCUT2D eigenvalue weighted by Gasteiger charge is -2.07. The van der Waals surface area contributed by atoms with E-state index in [9.17, 15) is 4.79 Å². The molecule has 0 radical (unpaired) electrons. The predicted octanol–water partition coefficient (Wildman–Crippen LogP) is 2.54. The average molecular weight is 250 g/mol. The molecular formula is C14H22N2O2. The number of nitrogens with two attached hydrogens (primary N) is 1. The first-order valence-corrected chi connectivity index (χ1v) is 6.49. The number of benzene rings is 1. The summed E-state index contributed by atoms with van der Waals surface area (Å²) < 4.78 is 5.33. The first-order chi connectivity index (χ1) is 8.76. The van der Waals surface area contributed by atoms with Crippen LogP contribution in [0.3, 0.4) is 0 Å². The molecule has 100 valence electrons. The monoisotopic (exact) mass is 250 g/mol. The van der Waals surface area contributed by atoms with Crippen LogP contribution in [0, 0.1) is 0 Å². The zero-order valence-corrected chi connectivity index (χ0v) is 10.9. The summed E-state index contributed by atoms with van der Waals surface area (Å²) in [5.74, 6) is 0.870. The summed E-state index contributed by atoms with van der Waals surface area (Å²) in [6, 6.07) is 7.41. The molecule has 0 aliphatic heterocycles. The summed E-state index contributed by atoms with van der Waals surface area (Å²) in [5, 5.41) is 2.86. The Morgan fingerprint density at radius 3 is 2.56 bits per heavy atom. The number of ether oxygens (including phenoxy) is 1. The molecule has 0 atom stereocenters. The minimum atomic E-state index is 0.0520. The highest BCUT2D eigenvalue weighted by Crippen LogP contribution is 2.16. The van der Waals surface area contributed by atoms with Gasteiger partial charge < -0.3 is 15.8 Å². The summed E-state index contributed by atoms with van der Waals surface area (Å²) in [6.07, 6.45) is 3.43. The lowest BCUT2D eigenvalue weighted by atomic mass is 10.2. The second kappa shape index (κ2) is 8.53. The van der Waals surface area contributed by atoms with Gasteiger partial charge in [0.25, 0.3) is 0 Å². The summed E-state index contributed by atoms with van der Waals surface area (Å²) in [6.45, 7) is 3.28. The van der Waals surface area contributed by atoms with E-state index in [4.69, 9.17) is 10.5 Å². The molecule has 0 saturated heterocycles. The van der Waals surface area contributed by atoms with E-state index in [1.807, 2.05) is 31.2 Å². The fourth-order valence-electron chi connectivity index (χ4n) is 1.63. The van der Waals surface area contributed by atoms with E-state index in [-0.39, 0.29) is 5.91 Å². The van der Waals surface area contributed by atoms with Gasteiger partial charge in [0.15, 0.2) is 0 Å². The Morgan fingerprint density at radius 1 is 1.22 bits per heavy atom. The number of hydrogen-bond acceptors (Lipinski definition) is 3. The maximum absolute atomic E-state index is 11.6. The van der Waals surface area contributed by atoms with Crippen LogP contribution in [0.4, 0.5) is 5.69 Å². The van der Waals surface area contributed by atoms with Gasteiger partial charge in [0.1, 0.15) is 5.75 Å². The van der Waals surface area contributed by atoms with Crippen LogP contribution < -0.4 is 15.8 Å². The van der Waals surface area contributed by atoms with Gasteiger partial charge in [-0.2, -0.15) is 0 Å². The smallest absolute Gasteiger partial charge is 0.224 e. The Labute approximate surface area is 109 Å². The lowest BCUT2D eigenvalue weighted by molar-refractivity contribution is -0.116. The van der Waals surface area contributed by atoms with E-state index in [0.717, 1.165) is 30.7 Å². The molecule has 1 rings (SSSR count). The zero-order valence-electron chi connectivity index (χ0n) is 10.9. The fourth-order valence-corrected chi connectivity index (χ4v) is 1.63. The normalized spacial score (nSPS) is 10.1. The third-order valence-electron chi connectivity index (χ3n) is 2.56. The van der Waals surface area contributed by atoms with Crippen LogP contribution in [0.15, 0.2) is 24.3 Å². The molecule has 1 amide bonds. The summed E-state index contributed by atoms with van der Waals surface area (Å²) in [7, 11) is 0. The maximum Gasteiger partial charge on any atom is 0.224 e. The van der Waals surface area contributed by atoms with Gasteiger partial charge in [0.2, 0.25) is 5.91 Å². The Balaban J connectivity index is 2.30. The Hall–Kier alpha value is -1.55. The number of carbonyl (C=O) groups excluding carboxylic acids is 1. The van der Waals surface area contributed by atoms with Crippen molar-refractivity contribution in [2.45, 2.75) is 32.6 Å². The highest BCUT2D eigenvalue weighted by molar-refractivity contribution is 5.90. The van der Waals surface area contributed by atoms with Gasteiger partial charge in [-0.05, 0) is 50.6 Å². The van der Waals surface area contributed by atoms with Crippen LogP contribution in [0.1, 0.15) is 32.6 Å². The van der Waals surface area contributed by atoms with Crippen molar-refractivity contribution < 1.29 is 9.53 Å². The largest absolute Gasteiger partial charge is 0.494 e. The van der Waals surface area contributed by atoms with E-state index in [2.05, 4.69) is 5.32 Å². The van der Waals surface area contributed by atoms with Crippen LogP contribution in [0.5, 0.6) is 5.75 Å². The lowest BCUT2D eigenvalue weighted by Crippen LogP contribution is -2.11. The van der Waals surface area contributed by atoms with Crippen LogP contribution in [-0.4, -0.2) is 19.1 Å². The minimum absolute atomic E-state index is 0.0520. The van der Waals surface area contributed by atoms with Crippen molar-refractivity contribution in [2.75, 3.05) is 18.5 Å². The molecule has 1 aromatic carbocycles. The van der Waals surface area contributed by atoms with Crippen LogP contribution >= 0.6 is 0 Å². The van der Waals surface area contributed by atoms with Crippen molar-refractivity contribution in [3.8, 4) is 5.75 Å². The van der Waals surface area contributed by atoms with Crippen LogP contribution in [0.25, 0.3) is 0 Å². The molecule has 0 aliphatic rings. The van der Waals surface area contributed by atoms with Crippen molar-refractivity contribution >= 4 is 11.6 Å². The van der Waals surface area contributed by atoms with Gasteiger partial charge in [-0.15, -0.1) is 0 Å². The number of carbonyl (C=O) groups is 1. The Bertz CT molecular complexity index is 349. The molecule has 0 saturated carbocycles. The van der Waals surface area contributed by atoms with Crippen LogP contribution in [0.2, 0.25) is 0 Å². The second-order valence-electron chi connectivity index (χ2n) is 4.10. The number of unbranched alkanes of at least 4 members (excludes halogenated alkanes) is 2. The van der Waals surface area contributed by atoms with Gasteiger partial charge in [0.05, 0.1) is 6.61 Å². The zero-order chi connectivity index (χ0) is 13.2. The number of hydrogen-bond donors (Lipinski definition) is 2. The Kier molecular flexibility index (Phi) is 6.87. The molecule has 0 aromatic heterocycles. The van der Waals surface area contributed by atoms with E-state index < -0.39 is 0 Å². The maximum atomic E-state index is 11.6. The second-order valence-corrected chi connectivity index (χ2v) is 4.10. The van der Waals surface area contributed by atoms with Crippen molar-refractivity contribution in [1.82, 2.24) is 0 Å². The van der Waals surface area contributed by atoms with Crippen LogP contribution in [-0.2, 0) is 4.79 Å². The Morgan fingerprint density at radius 2 is 1.94 bits per heavy atom. The molecule has 4 heteroatoms. The molecule has 0 spiro atoms. The molecule has 0 bridgehead atoms. The molecule has 0 fully saturated rings.